The van der Waals surface area contributed by atoms with E-state index in [-0.39, 0.29) is 18.2 Å². The number of aryl methyl sites for hydroxylation is 1. The van der Waals surface area contributed by atoms with Gasteiger partial charge in [-0.25, -0.2) is 13.4 Å². The van der Waals surface area contributed by atoms with E-state index in [9.17, 15) is 8.42 Å². The standard InChI is InChI=1S/C12H14Cl2N2O2S.ClH/c1-19(17,18)6-2-3-8-9(14)4-5-10-12(8)16-11(7-13)15-10;/h4-5H,2-3,6-7H2,1H3,(H,15,16);1H. The van der Waals surface area contributed by atoms with Crippen molar-refractivity contribution < 1.29 is 8.42 Å². The number of nitrogens with zero attached hydrogens (tertiary/aromatic N) is 1. The average Bonchev–Trinajstić information content (AvgIpc) is 2.74. The number of aromatic nitrogens is 2. The molecule has 112 valence electrons. The maximum absolute atomic E-state index is 11.1. The van der Waals surface area contributed by atoms with E-state index < -0.39 is 9.84 Å². The van der Waals surface area contributed by atoms with Crippen molar-refractivity contribution in [2.24, 2.45) is 0 Å². The molecule has 0 bridgehead atoms. The summed E-state index contributed by atoms with van der Waals surface area (Å²) in [4.78, 5) is 7.49. The Morgan fingerprint density at radius 2 is 2.05 bits per heavy atom. The maximum atomic E-state index is 11.1. The van der Waals surface area contributed by atoms with Crippen molar-refractivity contribution in [2.75, 3.05) is 12.0 Å². The smallest absolute Gasteiger partial charge is 0.147 e. The van der Waals surface area contributed by atoms with Gasteiger partial charge in [0.2, 0.25) is 0 Å². The summed E-state index contributed by atoms with van der Waals surface area (Å²) in [7, 11) is -2.95. The van der Waals surface area contributed by atoms with Crippen molar-refractivity contribution in [3.8, 4) is 0 Å². The van der Waals surface area contributed by atoms with E-state index >= 15 is 0 Å². The summed E-state index contributed by atoms with van der Waals surface area (Å²) >= 11 is 11.9. The van der Waals surface area contributed by atoms with E-state index in [2.05, 4.69) is 9.97 Å². The summed E-state index contributed by atoms with van der Waals surface area (Å²) in [6.07, 6.45) is 2.34. The average molecular weight is 358 g/mol. The van der Waals surface area contributed by atoms with Crippen LogP contribution in [0.2, 0.25) is 5.02 Å². The van der Waals surface area contributed by atoms with Crippen LogP contribution in [0.25, 0.3) is 11.0 Å². The van der Waals surface area contributed by atoms with Gasteiger partial charge in [0.15, 0.2) is 0 Å². The number of hydrogen-bond acceptors (Lipinski definition) is 3. The van der Waals surface area contributed by atoms with Crippen LogP contribution in [-0.4, -0.2) is 30.4 Å². The van der Waals surface area contributed by atoms with Crippen LogP contribution < -0.4 is 0 Å². The van der Waals surface area contributed by atoms with Crippen molar-refractivity contribution in [1.82, 2.24) is 9.97 Å². The van der Waals surface area contributed by atoms with E-state index in [0.717, 1.165) is 16.6 Å². The molecule has 0 unspecified atom stereocenters. The Kier molecular flexibility index (Phi) is 6.13. The Labute approximate surface area is 134 Å². The van der Waals surface area contributed by atoms with Crippen molar-refractivity contribution >= 4 is 56.5 Å². The van der Waals surface area contributed by atoms with Gasteiger partial charge in [0.05, 0.1) is 22.7 Å². The van der Waals surface area contributed by atoms with Crippen LogP contribution in [0.5, 0.6) is 0 Å². The molecule has 0 spiro atoms. The molecule has 0 radical (unpaired) electrons. The maximum Gasteiger partial charge on any atom is 0.147 e. The van der Waals surface area contributed by atoms with Gasteiger partial charge in [-0.3, -0.25) is 0 Å². The molecule has 0 aliphatic rings. The largest absolute Gasteiger partial charge is 0.341 e. The Balaban J connectivity index is 0.00000200. The van der Waals surface area contributed by atoms with E-state index in [1.54, 1.807) is 6.07 Å². The topological polar surface area (TPSA) is 62.8 Å². The summed E-state index contributed by atoms with van der Waals surface area (Å²) in [6.45, 7) is 0. The van der Waals surface area contributed by atoms with Gasteiger partial charge in [0.1, 0.15) is 15.7 Å². The molecule has 1 aromatic carbocycles. The molecule has 8 heteroatoms. The minimum atomic E-state index is -2.95. The third kappa shape index (κ3) is 4.25. The van der Waals surface area contributed by atoms with Gasteiger partial charge in [-0.05, 0) is 30.5 Å². The Morgan fingerprint density at radius 1 is 1.35 bits per heavy atom. The van der Waals surface area contributed by atoms with E-state index in [0.29, 0.717) is 29.6 Å². The lowest BCUT2D eigenvalue weighted by Gasteiger charge is -2.04. The molecule has 1 N–H and O–H groups in total. The third-order valence-electron chi connectivity index (χ3n) is 2.82. The number of halogens is 3. The molecule has 0 saturated heterocycles. The summed E-state index contributed by atoms with van der Waals surface area (Å²) in [5.41, 5.74) is 2.52. The Hall–Kier alpha value is -0.490. The number of hydrogen-bond donors (Lipinski definition) is 1. The molecule has 20 heavy (non-hydrogen) atoms. The molecule has 2 rings (SSSR count). The lowest BCUT2D eigenvalue weighted by molar-refractivity contribution is 0.599. The van der Waals surface area contributed by atoms with Crippen molar-refractivity contribution in [2.45, 2.75) is 18.7 Å². The van der Waals surface area contributed by atoms with Crippen molar-refractivity contribution in [3.63, 3.8) is 0 Å². The highest BCUT2D eigenvalue weighted by atomic mass is 35.5. The molecule has 1 heterocycles. The Bertz CT molecular complexity index is 698. The minimum absolute atomic E-state index is 0. The number of nitrogens with one attached hydrogen (secondary N) is 1. The second-order valence-electron chi connectivity index (χ2n) is 4.47. The van der Waals surface area contributed by atoms with E-state index in [4.69, 9.17) is 23.2 Å². The first-order chi connectivity index (χ1) is 8.90. The molecular weight excluding hydrogens is 343 g/mol. The molecule has 1 aromatic heterocycles. The lowest BCUT2D eigenvalue weighted by atomic mass is 10.1. The van der Waals surface area contributed by atoms with Crippen LogP contribution in [-0.2, 0) is 22.1 Å². The molecule has 0 aliphatic heterocycles. The number of fused-ring (bicyclic) bond motifs is 1. The van der Waals surface area contributed by atoms with Crippen LogP contribution >= 0.6 is 35.6 Å². The highest BCUT2D eigenvalue weighted by Gasteiger charge is 2.12. The van der Waals surface area contributed by atoms with Crippen molar-refractivity contribution in [1.29, 1.82) is 0 Å². The zero-order chi connectivity index (χ0) is 14.0. The van der Waals surface area contributed by atoms with E-state index in [1.165, 1.54) is 6.26 Å². The predicted molar refractivity (Wildman–Crippen MR) is 85.9 cm³/mol. The first-order valence-corrected chi connectivity index (χ1v) is 8.77. The number of H-pyrrole nitrogens is 1. The van der Waals surface area contributed by atoms with Gasteiger partial charge >= 0.3 is 0 Å². The normalized spacial score (nSPS) is 11.6. The van der Waals surface area contributed by atoms with Gasteiger partial charge in [-0.1, -0.05) is 11.6 Å². The summed E-state index contributed by atoms with van der Waals surface area (Å²) in [5.74, 6) is 1.13. The van der Waals surface area contributed by atoms with Gasteiger partial charge in [-0.15, -0.1) is 24.0 Å². The fourth-order valence-electron chi connectivity index (χ4n) is 1.97. The number of rotatable bonds is 5. The lowest BCUT2D eigenvalue weighted by Crippen LogP contribution is -2.04. The van der Waals surface area contributed by atoms with E-state index in [1.807, 2.05) is 6.07 Å². The molecule has 0 aliphatic carbocycles. The summed E-state index contributed by atoms with van der Waals surface area (Å²) in [5, 5.41) is 0.605. The van der Waals surface area contributed by atoms with Gasteiger partial charge < -0.3 is 4.98 Å². The van der Waals surface area contributed by atoms with Crippen LogP contribution in [0.4, 0.5) is 0 Å². The monoisotopic (exact) mass is 356 g/mol. The SMILES string of the molecule is CS(=O)(=O)CCCc1c(Cl)ccc2[nH]c(CCl)nc12.Cl. The summed E-state index contributed by atoms with van der Waals surface area (Å²) < 4.78 is 22.3. The minimum Gasteiger partial charge on any atom is -0.341 e. The zero-order valence-corrected chi connectivity index (χ0v) is 14.0. The number of benzene rings is 1. The zero-order valence-electron chi connectivity index (χ0n) is 10.8. The quantitative estimate of drug-likeness (QED) is 0.835. The van der Waals surface area contributed by atoms with Gasteiger partial charge in [-0.2, -0.15) is 0 Å². The molecule has 0 amide bonds. The molecule has 0 atom stereocenters. The molecule has 0 fully saturated rings. The molecule has 2 aromatic rings. The predicted octanol–water partition coefficient (Wildman–Crippen LogP) is 3.35. The fraction of sp³-hybridized carbons (Fsp3) is 0.417. The number of aromatic amines is 1. The Morgan fingerprint density at radius 3 is 2.65 bits per heavy atom. The van der Waals surface area contributed by atoms with Gasteiger partial charge in [0.25, 0.3) is 0 Å². The number of sulfone groups is 1. The highest BCUT2D eigenvalue weighted by molar-refractivity contribution is 7.90. The van der Waals surface area contributed by atoms with Crippen LogP contribution in [0.1, 0.15) is 17.8 Å². The summed E-state index contributed by atoms with van der Waals surface area (Å²) in [6, 6.07) is 3.64. The highest BCUT2D eigenvalue weighted by Crippen LogP contribution is 2.26. The first-order valence-electron chi connectivity index (χ1n) is 5.80. The second kappa shape index (κ2) is 6.98. The number of imidazole rings is 1. The second-order valence-corrected chi connectivity index (χ2v) is 7.41. The van der Waals surface area contributed by atoms with Crippen LogP contribution in [0.15, 0.2) is 12.1 Å². The first kappa shape index (κ1) is 17.6. The fourth-order valence-corrected chi connectivity index (χ4v) is 3.01. The molecular formula is C12H15Cl3N2O2S. The molecule has 4 nitrogen and oxygen atoms in total. The van der Waals surface area contributed by atoms with Crippen molar-refractivity contribution in [3.05, 3.63) is 28.5 Å². The van der Waals surface area contributed by atoms with Crippen LogP contribution in [0.3, 0.4) is 0 Å². The number of alkyl halides is 1. The van der Waals surface area contributed by atoms with Crippen LogP contribution in [0, 0.1) is 0 Å². The molecule has 0 saturated carbocycles. The van der Waals surface area contributed by atoms with Gasteiger partial charge in [0, 0.05) is 11.3 Å². The third-order valence-corrected chi connectivity index (χ3v) is 4.46.